The molecule has 1 N–H and O–H groups in total. The Hall–Kier alpha value is -3.45. The first-order valence-corrected chi connectivity index (χ1v) is 10.7. The summed E-state index contributed by atoms with van der Waals surface area (Å²) in [6.45, 7) is 2.09. The number of ether oxygens (including phenoxy) is 1. The van der Waals surface area contributed by atoms with E-state index in [9.17, 15) is 9.59 Å². The van der Waals surface area contributed by atoms with Gasteiger partial charge in [-0.3, -0.25) is 9.78 Å². The predicted octanol–water partition coefficient (Wildman–Crippen LogP) is 3.94. The minimum atomic E-state index is -1.28. The normalized spacial score (nSPS) is 17.5. The van der Waals surface area contributed by atoms with Gasteiger partial charge in [0.1, 0.15) is 5.69 Å². The number of aromatic nitrogens is 1. The zero-order valence-corrected chi connectivity index (χ0v) is 18.3. The molecule has 3 aromatic rings. The fraction of sp³-hybridized carbons (Fsp3) is 0.250. The van der Waals surface area contributed by atoms with Gasteiger partial charge in [0, 0.05) is 29.4 Å². The fourth-order valence-electron chi connectivity index (χ4n) is 3.68. The Bertz CT molecular complexity index is 1170. The highest BCUT2D eigenvalue weighted by Crippen LogP contribution is 2.30. The zero-order chi connectivity index (χ0) is 22.6. The van der Waals surface area contributed by atoms with Crippen LogP contribution in [0.15, 0.2) is 65.9 Å². The van der Waals surface area contributed by atoms with Crippen LogP contribution in [0.4, 0.5) is 0 Å². The summed E-state index contributed by atoms with van der Waals surface area (Å²) in [5.74, 6) is -0.813. The van der Waals surface area contributed by atoms with Gasteiger partial charge in [0.15, 0.2) is 0 Å². The van der Waals surface area contributed by atoms with Crippen LogP contribution in [0.2, 0.25) is 5.02 Å². The van der Waals surface area contributed by atoms with Gasteiger partial charge in [-0.15, -0.1) is 0 Å². The standard InChI is InChI=1S/C24H22ClN3O4/c1-2-31-23(30)24(13-16-7-9-18(25)10-8-16)14-19(28-32-24)15-27-22(29)21-20-6-4-3-5-17(20)11-12-26-21/h3-12H,2,13-15H2,1H3,(H,27,29). The molecule has 0 spiro atoms. The molecule has 0 saturated carbocycles. The summed E-state index contributed by atoms with van der Waals surface area (Å²) in [6.07, 6.45) is 2.08. The summed E-state index contributed by atoms with van der Waals surface area (Å²) >= 11 is 5.97. The number of halogens is 1. The van der Waals surface area contributed by atoms with Gasteiger partial charge in [0.25, 0.3) is 5.91 Å². The number of nitrogens with zero attached hydrogens (tertiary/aromatic N) is 2. The van der Waals surface area contributed by atoms with Crippen LogP contribution in [0.25, 0.3) is 10.8 Å². The molecule has 1 unspecified atom stereocenters. The van der Waals surface area contributed by atoms with E-state index in [1.807, 2.05) is 42.5 Å². The molecule has 0 radical (unpaired) electrons. The maximum atomic E-state index is 12.8. The van der Waals surface area contributed by atoms with Gasteiger partial charge in [0.2, 0.25) is 5.60 Å². The van der Waals surface area contributed by atoms with E-state index >= 15 is 0 Å². The lowest BCUT2D eigenvalue weighted by Crippen LogP contribution is -2.43. The summed E-state index contributed by atoms with van der Waals surface area (Å²) < 4.78 is 5.26. The van der Waals surface area contributed by atoms with E-state index in [4.69, 9.17) is 21.2 Å². The first kappa shape index (κ1) is 21.8. The number of pyridine rings is 1. The van der Waals surface area contributed by atoms with E-state index in [1.165, 1.54) is 0 Å². The highest BCUT2D eigenvalue weighted by molar-refractivity contribution is 6.30. The van der Waals surface area contributed by atoms with Gasteiger partial charge in [-0.25, -0.2) is 4.79 Å². The summed E-state index contributed by atoms with van der Waals surface area (Å²) in [7, 11) is 0. The number of benzene rings is 2. The number of hydrogen-bond donors (Lipinski definition) is 1. The average Bonchev–Trinajstić information content (AvgIpc) is 3.23. The number of oxime groups is 1. The average molecular weight is 452 g/mol. The lowest BCUT2D eigenvalue weighted by atomic mass is 9.89. The third-order valence-electron chi connectivity index (χ3n) is 5.23. The van der Waals surface area contributed by atoms with Crippen molar-refractivity contribution in [2.75, 3.05) is 13.2 Å². The van der Waals surface area contributed by atoms with Crippen LogP contribution in [0.3, 0.4) is 0 Å². The molecule has 7 nitrogen and oxygen atoms in total. The molecule has 0 bridgehead atoms. The number of rotatable bonds is 7. The molecule has 1 aliphatic rings. The lowest BCUT2D eigenvalue weighted by molar-refractivity contribution is -0.168. The number of hydrogen-bond acceptors (Lipinski definition) is 6. The van der Waals surface area contributed by atoms with E-state index in [-0.39, 0.29) is 31.9 Å². The van der Waals surface area contributed by atoms with Crippen molar-refractivity contribution < 1.29 is 19.2 Å². The van der Waals surface area contributed by atoms with Crippen LogP contribution in [0.5, 0.6) is 0 Å². The highest BCUT2D eigenvalue weighted by Gasteiger charge is 2.48. The topological polar surface area (TPSA) is 89.9 Å². The van der Waals surface area contributed by atoms with Gasteiger partial charge < -0.3 is 14.9 Å². The summed E-state index contributed by atoms with van der Waals surface area (Å²) in [4.78, 5) is 35.4. The number of carbonyl (C=O) groups is 2. The van der Waals surface area contributed by atoms with E-state index < -0.39 is 11.6 Å². The van der Waals surface area contributed by atoms with Gasteiger partial charge in [-0.1, -0.05) is 53.2 Å². The molecule has 2 heterocycles. The SMILES string of the molecule is CCOC(=O)C1(Cc2ccc(Cl)cc2)CC(CNC(=O)c2nccc3ccccc23)=NO1. The molecule has 0 saturated heterocycles. The Morgan fingerprint density at radius 2 is 1.94 bits per heavy atom. The molecule has 4 rings (SSSR count). The molecule has 0 aliphatic carbocycles. The quantitative estimate of drug-likeness (QED) is 0.549. The molecule has 2 aromatic carbocycles. The molecule has 32 heavy (non-hydrogen) atoms. The fourth-order valence-corrected chi connectivity index (χ4v) is 3.80. The molecular formula is C24H22ClN3O4. The van der Waals surface area contributed by atoms with E-state index in [2.05, 4.69) is 15.5 Å². The van der Waals surface area contributed by atoms with Crippen LogP contribution in [-0.2, 0) is 20.8 Å². The first-order chi connectivity index (χ1) is 15.5. The number of esters is 1. The Morgan fingerprint density at radius 3 is 2.72 bits per heavy atom. The third kappa shape index (κ3) is 4.57. The second-order valence-electron chi connectivity index (χ2n) is 7.51. The van der Waals surface area contributed by atoms with Crippen molar-refractivity contribution in [3.8, 4) is 0 Å². The van der Waals surface area contributed by atoms with Crippen molar-refractivity contribution in [3.05, 3.63) is 77.1 Å². The Balaban J connectivity index is 1.46. The number of amides is 1. The highest BCUT2D eigenvalue weighted by atomic mass is 35.5. The second-order valence-corrected chi connectivity index (χ2v) is 7.94. The summed E-state index contributed by atoms with van der Waals surface area (Å²) in [5, 5.41) is 9.22. The van der Waals surface area contributed by atoms with Crippen LogP contribution in [-0.4, -0.2) is 41.3 Å². The van der Waals surface area contributed by atoms with Gasteiger partial charge in [-0.2, -0.15) is 0 Å². The maximum absolute atomic E-state index is 12.8. The minimum absolute atomic E-state index is 0.130. The Labute approximate surface area is 190 Å². The molecular weight excluding hydrogens is 430 g/mol. The molecule has 1 aliphatic heterocycles. The van der Waals surface area contributed by atoms with Crippen molar-refractivity contribution >= 4 is 40.0 Å². The van der Waals surface area contributed by atoms with E-state index in [0.717, 1.165) is 16.3 Å². The third-order valence-corrected chi connectivity index (χ3v) is 5.48. The van der Waals surface area contributed by atoms with Gasteiger partial charge in [0.05, 0.1) is 18.9 Å². The first-order valence-electron chi connectivity index (χ1n) is 10.3. The second kappa shape index (κ2) is 9.36. The molecule has 1 aromatic heterocycles. The van der Waals surface area contributed by atoms with Crippen molar-refractivity contribution in [1.29, 1.82) is 0 Å². The summed E-state index contributed by atoms with van der Waals surface area (Å²) in [6, 6.07) is 16.6. The Morgan fingerprint density at radius 1 is 1.16 bits per heavy atom. The largest absolute Gasteiger partial charge is 0.463 e. The molecule has 8 heteroatoms. The van der Waals surface area contributed by atoms with Crippen molar-refractivity contribution in [1.82, 2.24) is 10.3 Å². The number of carbonyl (C=O) groups excluding carboxylic acids is 2. The van der Waals surface area contributed by atoms with Gasteiger partial charge in [-0.05, 0) is 36.1 Å². The van der Waals surface area contributed by atoms with Gasteiger partial charge >= 0.3 is 5.97 Å². The van der Waals surface area contributed by atoms with Crippen LogP contribution < -0.4 is 5.32 Å². The molecule has 164 valence electrons. The molecule has 1 amide bonds. The molecule has 1 atom stereocenters. The van der Waals surface area contributed by atoms with Crippen molar-refractivity contribution in [3.63, 3.8) is 0 Å². The molecule has 0 fully saturated rings. The van der Waals surface area contributed by atoms with Crippen LogP contribution in [0, 0.1) is 0 Å². The smallest absolute Gasteiger partial charge is 0.354 e. The van der Waals surface area contributed by atoms with Crippen LogP contribution in [0.1, 0.15) is 29.4 Å². The number of fused-ring (bicyclic) bond motifs is 1. The zero-order valence-electron chi connectivity index (χ0n) is 17.5. The number of nitrogens with one attached hydrogen (secondary N) is 1. The van der Waals surface area contributed by atoms with Crippen LogP contribution >= 0.6 is 11.6 Å². The maximum Gasteiger partial charge on any atom is 0.354 e. The summed E-state index contributed by atoms with van der Waals surface area (Å²) in [5.41, 5.74) is 0.464. The minimum Gasteiger partial charge on any atom is -0.463 e. The van der Waals surface area contributed by atoms with E-state index in [0.29, 0.717) is 16.4 Å². The predicted molar refractivity (Wildman–Crippen MR) is 122 cm³/mol. The Kier molecular flexibility index (Phi) is 6.37. The van der Waals surface area contributed by atoms with Crippen molar-refractivity contribution in [2.24, 2.45) is 5.16 Å². The monoisotopic (exact) mass is 451 g/mol. The lowest BCUT2D eigenvalue weighted by Gasteiger charge is -2.24. The van der Waals surface area contributed by atoms with Crippen molar-refractivity contribution in [2.45, 2.75) is 25.4 Å². The van der Waals surface area contributed by atoms with E-state index in [1.54, 1.807) is 25.3 Å².